The summed E-state index contributed by atoms with van der Waals surface area (Å²) in [5, 5.41) is 0. The van der Waals surface area contributed by atoms with Crippen LogP contribution >= 0.6 is 0 Å². The van der Waals surface area contributed by atoms with Crippen LogP contribution in [0.3, 0.4) is 0 Å². The molecular weight excluding hydrogens is 238 g/mol. The summed E-state index contributed by atoms with van der Waals surface area (Å²) in [5.41, 5.74) is 7.90. The quantitative estimate of drug-likeness (QED) is 0.893. The summed E-state index contributed by atoms with van der Waals surface area (Å²) in [5.74, 6) is 1.10. The van der Waals surface area contributed by atoms with Crippen molar-refractivity contribution in [2.45, 2.75) is 32.8 Å². The van der Waals surface area contributed by atoms with E-state index in [1.165, 1.54) is 6.33 Å². The molecule has 1 aromatic carbocycles. The zero-order valence-electron chi connectivity index (χ0n) is 11.3. The third kappa shape index (κ3) is 3.22. The van der Waals surface area contributed by atoms with Gasteiger partial charge in [-0.3, -0.25) is 0 Å². The molecule has 0 bridgehead atoms. The molecule has 2 N–H and O–H groups in total. The summed E-state index contributed by atoms with van der Waals surface area (Å²) in [6.45, 7) is 4.10. The van der Waals surface area contributed by atoms with Crippen LogP contribution in [-0.4, -0.2) is 9.97 Å². The standard InChI is InChI=1S/C15H19N3O/c1-3-7-13-14(16)17-10-18-15(13)19-11(2)12-8-5-4-6-9-12/h4-6,8-11H,3,7H2,1-2H3,(H2,16,17,18). The van der Waals surface area contributed by atoms with Crippen LogP contribution in [0.4, 0.5) is 5.82 Å². The lowest BCUT2D eigenvalue weighted by Crippen LogP contribution is -2.09. The van der Waals surface area contributed by atoms with Crippen molar-refractivity contribution in [3.63, 3.8) is 0 Å². The van der Waals surface area contributed by atoms with Crippen LogP contribution in [0.15, 0.2) is 36.7 Å². The van der Waals surface area contributed by atoms with Gasteiger partial charge in [0.25, 0.3) is 0 Å². The third-order valence-electron chi connectivity index (χ3n) is 3.00. The molecule has 2 aromatic rings. The predicted octanol–water partition coefficient (Wildman–Crippen LogP) is 3.15. The fraction of sp³-hybridized carbons (Fsp3) is 0.333. The van der Waals surface area contributed by atoms with Crippen LogP contribution < -0.4 is 10.5 Å². The van der Waals surface area contributed by atoms with E-state index in [4.69, 9.17) is 10.5 Å². The SMILES string of the molecule is CCCc1c(N)ncnc1OC(C)c1ccccc1. The second kappa shape index (κ2) is 6.18. The highest BCUT2D eigenvalue weighted by Gasteiger charge is 2.13. The summed E-state index contributed by atoms with van der Waals surface area (Å²) in [6.07, 6.45) is 3.18. The Labute approximate surface area is 113 Å². The van der Waals surface area contributed by atoms with Crippen molar-refractivity contribution in [1.29, 1.82) is 0 Å². The van der Waals surface area contributed by atoms with Crippen molar-refractivity contribution < 1.29 is 4.74 Å². The minimum Gasteiger partial charge on any atom is -0.469 e. The average Bonchev–Trinajstić information content (AvgIpc) is 2.43. The number of anilines is 1. The van der Waals surface area contributed by atoms with E-state index in [0.717, 1.165) is 24.0 Å². The van der Waals surface area contributed by atoms with Crippen LogP contribution in [0.1, 0.15) is 37.5 Å². The lowest BCUT2D eigenvalue weighted by molar-refractivity contribution is 0.214. The van der Waals surface area contributed by atoms with Gasteiger partial charge in [-0.05, 0) is 18.9 Å². The van der Waals surface area contributed by atoms with E-state index < -0.39 is 0 Å². The number of ether oxygens (including phenoxy) is 1. The van der Waals surface area contributed by atoms with Gasteiger partial charge in [-0.25, -0.2) is 9.97 Å². The molecule has 0 aliphatic carbocycles. The van der Waals surface area contributed by atoms with Gasteiger partial charge >= 0.3 is 0 Å². The summed E-state index contributed by atoms with van der Waals surface area (Å²) in [7, 11) is 0. The first-order chi connectivity index (χ1) is 9.22. The molecule has 0 saturated heterocycles. The first kappa shape index (κ1) is 13.3. The van der Waals surface area contributed by atoms with E-state index in [-0.39, 0.29) is 6.10 Å². The topological polar surface area (TPSA) is 61.0 Å². The summed E-state index contributed by atoms with van der Waals surface area (Å²) < 4.78 is 5.93. The molecule has 0 aliphatic heterocycles. The van der Waals surface area contributed by atoms with Crippen LogP contribution in [0, 0.1) is 0 Å². The van der Waals surface area contributed by atoms with Crippen molar-refractivity contribution in [3.05, 3.63) is 47.8 Å². The maximum Gasteiger partial charge on any atom is 0.222 e. The third-order valence-corrected chi connectivity index (χ3v) is 3.00. The Hall–Kier alpha value is -2.10. The van der Waals surface area contributed by atoms with Crippen LogP contribution in [-0.2, 0) is 6.42 Å². The molecule has 0 fully saturated rings. The second-order valence-corrected chi connectivity index (χ2v) is 4.46. The van der Waals surface area contributed by atoms with Gasteiger partial charge in [-0.15, -0.1) is 0 Å². The minimum absolute atomic E-state index is 0.0638. The number of nitrogen functional groups attached to an aromatic ring is 1. The largest absolute Gasteiger partial charge is 0.469 e. The number of nitrogens with zero attached hydrogens (tertiary/aromatic N) is 2. The van der Waals surface area contributed by atoms with Gasteiger partial charge in [0.2, 0.25) is 5.88 Å². The molecule has 1 unspecified atom stereocenters. The van der Waals surface area contributed by atoms with Crippen molar-refractivity contribution in [2.75, 3.05) is 5.73 Å². The number of benzene rings is 1. The summed E-state index contributed by atoms with van der Waals surface area (Å²) in [6, 6.07) is 10.1. The fourth-order valence-corrected chi connectivity index (χ4v) is 1.96. The molecule has 19 heavy (non-hydrogen) atoms. The Kier molecular flexibility index (Phi) is 4.34. The Morgan fingerprint density at radius 3 is 2.63 bits per heavy atom. The number of aromatic nitrogens is 2. The molecule has 1 heterocycles. The van der Waals surface area contributed by atoms with Gasteiger partial charge in [0, 0.05) is 0 Å². The lowest BCUT2D eigenvalue weighted by Gasteiger charge is -2.17. The molecule has 0 radical (unpaired) electrons. The van der Waals surface area contributed by atoms with Gasteiger partial charge in [0.1, 0.15) is 18.2 Å². The fourth-order valence-electron chi connectivity index (χ4n) is 1.96. The maximum atomic E-state index is 5.93. The molecule has 4 heteroatoms. The van der Waals surface area contributed by atoms with E-state index >= 15 is 0 Å². The van der Waals surface area contributed by atoms with Gasteiger partial charge in [0.05, 0.1) is 5.56 Å². The smallest absolute Gasteiger partial charge is 0.222 e. The monoisotopic (exact) mass is 257 g/mol. The highest BCUT2D eigenvalue weighted by Crippen LogP contribution is 2.26. The first-order valence-corrected chi connectivity index (χ1v) is 6.53. The molecular formula is C15H19N3O. The van der Waals surface area contributed by atoms with E-state index in [1.807, 2.05) is 37.3 Å². The molecule has 1 aromatic heterocycles. The van der Waals surface area contributed by atoms with E-state index in [2.05, 4.69) is 16.9 Å². The molecule has 4 nitrogen and oxygen atoms in total. The van der Waals surface area contributed by atoms with Crippen molar-refractivity contribution in [2.24, 2.45) is 0 Å². The normalized spacial score (nSPS) is 12.1. The van der Waals surface area contributed by atoms with Crippen molar-refractivity contribution >= 4 is 5.82 Å². The van der Waals surface area contributed by atoms with Crippen LogP contribution in [0.25, 0.3) is 0 Å². The predicted molar refractivity (Wildman–Crippen MR) is 75.9 cm³/mol. The Balaban J connectivity index is 2.21. The van der Waals surface area contributed by atoms with E-state index in [1.54, 1.807) is 0 Å². The lowest BCUT2D eigenvalue weighted by atomic mass is 10.1. The van der Waals surface area contributed by atoms with Gasteiger partial charge in [-0.2, -0.15) is 0 Å². The van der Waals surface area contributed by atoms with E-state index in [9.17, 15) is 0 Å². The highest BCUT2D eigenvalue weighted by molar-refractivity contribution is 5.44. The average molecular weight is 257 g/mol. The molecule has 0 saturated carbocycles. The van der Waals surface area contributed by atoms with Crippen LogP contribution in [0.2, 0.25) is 0 Å². The zero-order chi connectivity index (χ0) is 13.7. The summed E-state index contributed by atoms with van der Waals surface area (Å²) >= 11 is 0. The van der Waals surface area contributed by atoms with Gasteiger partial charge in [-0.1, -0.05) is 43.7 Å². The number of hydrogen-bond donors (Lipinski definition) is 1. The number of rotatable bonds is 5. The van der Waals surface area contributed by atoms with Crippen LogP contribution in [0.5, 0.6) is 5.88 Å². The number of nitrogens with two attached hydrogens (primary N) is 1. The minimum atomic E-state index is -0.0638. The molecule has 1 atom stereocenters. The Bertz CT molecular complexity index is 528. The summed E-state index contributed by atoms with van der Waals surface area (Å²) in [4.78, 5) is 8.24. The van der Waals surface area contributed by atoms with Crippen molar-refractivity contribution in [1.82, 2.24) is 9.97 Å². The number of hydrogen-bond acceptors (Lipinski definition) is 4. The highest BCUT2D eigenvalue weighted by atomic mass is 16.5. The Morgan fingerprint density at radius 1 is 1.21 bits per heavy atom. The molecule has 0 amide bonds. The Morgan fingerprint density at radius 2 is 1.95 bits per heavy atom. The second-order valence-electron chi connectivity index (χ2n) is 4.46. The maximum absolute atomic E-state index is 5.93. The molecule has 0 spiro atoms. The molecule has 2 rings (SSSR count). The first-order valence-electron chi connectivity index (χ1n) is 6.53. The molecule has 100 valence electrons. The van der Waals surface area contributed by atoms with Gasteiger partial charge in [0.15, 0.2) is 0 Å². The van der Waals surface area contributed by atoms with E-state index in [0.29, 0.717) is 11.7 Å². The van der Waals surface area contributed by atoms with Crippen molar-refractivity contribution in [3.8, 4) is 5.88 Å². The van der Waals surface area contributed by atoms with Gasteiger partial charge < -0.3 is 10.5 Å². The molecule has 0 aliphatic rings. The zero-order valence-corrected chi connectivity index (χ0v) is 11.3.